The smallest absolute Gasteiger partial charge is 0.0346 e. The Kier molecular flexibility index (Phi) is 4.01. The topological polar surface area (TPSA) is 28.2 Å². The monoisotopic (exact) mass is 273 g/mol. The Hall–Kier alpha value is -1.10. The predicted molar refractivity (Wildman–Crippen MR) is 81.3 cm³/mol. The number of nitrogens with zero attached hydrogens (tertiary/aromatic N) is 2. The molecule has 1 aromatic carbocycles. The van der Waals surface area contributed by atoms with Gasteiger partial charge in [-0.1, -0.05) is 6.07 Å². The summed E-state index contributed by atoms with van der Waals surface area (Å²) in [5, 5.41) is 5.95. The Morgan fingerprint density at radius 3 is 3.21 bits per heavy atom. The molecule has 0 aliphatic carbocycles. The molecule has 1 aromatic heterocycles. The second-order valence-electron chi connectivity index (χ2n) is 5.02. The van der Waals surface area contributed by atoms with Crippen molar-refractivity contribution in [3.8, 4) is 0 Å². The van der Waals surface area contributed by atoms with Crippen LogP contribution < -0.4 is 5.32 Å². The maximum atomic E-state index is 4.16. The van der Waals surface area contributed by atoms with E-state index in [-0.39, 0.29) is 0 Å². The van der Waals surface area contributed by atoms with Gasteiger partial charge >= 0.3 is 0 Å². The van der Waals surface area contributed by atoms with Crippen molar-refractivity contribution < 1.29 is 0 Å². The summed E-state index contributed by atoms with van der Waals surface area (Å²) in [5.74, 6) is 0. The van der Waals surface area contributed by atoms with Crippen LogP contribution in [0.1, 0.15) is 13.3 Å². The second-order valence-corrected chi connectivity index (χ2v) is 6.15. The first kappa shape index (κ1) is 12.9. The van der Waals surface area contributed by atoms with E-state index in [1.807, 2.05) is 24.3 Å². The van der Waals surface area contributed by atoms with Gasteiger partial charge in [0.1, 0.15) is 0 Å². The van der Waals surface area contributed by atoms with Crippen molar-refractivity contribution in [1.82, 2.24) is 14.6 Å². The molecule has 19 heavy (non-hydrogen) atoms. The highest BCUT2D eigenvalue weighted by Gasteiger charge is 2.17. The number of fused-ring (bicyclic) bond motifs is 1. The van der Waals surface area contributed by atoms with Crippen molar-refractivity contribution >= 4 is 22.7 Å². The van der Waals surface area contributed by atoms with Gasteiger partial charge in [-0.2, -0.15) is 0 Å². The third kappa shape index (κ3) is 3.08. The first-order valence-electron chi connectivity index (χ1n) is 6.82. The minimum atomic E-state index is 0.570. The van der Waals surface area contributed by atoms with Crippen molar-refractivity contribution in [1.29, 1.82) is 0 Å². The van der Waals surface area contributed by atoms with E-state index in [1.165, 1.54) is 22.1 Å². The van der Waals surface area contributed by atoms with Gasteiger partial charge in [0.2, 0.25) is 0 Å². The fourth-order valence-electron chi connectivity index (χ4n) is 2.38. The Bertz CT molecular complexity index is 558. The molecular weight excluding hydrogens is 254 g/mol. The van der Waals surface area contributed by atoms with Crippen LogP contribution >= 0.6 is 11.9 Å². The quantitative estimate of drug-likeness (QED) is 0.852. The second kappa shape index (κ2) is 5.90. The van der Waals surface area contributed by atoms with E-state index in [2.05, 4.69) is 45.8 Å². The first-order chi connectivity index (χ1) is 9.33. The zero-order chi connectivity index (χ0) is 13.1. The molecule has 0 saturated carbocycles. The zero-order valence-corrected chi connectivity index (χ0v) is 12.0. The third-order valence-electron chi connectivity index (χ3n) is 3.50. The lowest BCUT2D eigenvalue weighted by Gasteiger charge is -2.25. The van der Waals surface area contributed by atoms with Crippen molar-refractivity contribution in [3.63, 3.8) is 0 Å². The van der Waals surface area contributed by atoms with Crippen LogP contribution in [0.4, 0.5) is 0 Å². The SMILES string of the molecule is C[C@@H]1CNCCCN1Sc1ccc2cnccc2c1. The van der Waals surface area contributed by atoms with E-state index in [0.717, 1.165) is 19.6 Å². The average molecular weight is 273 g/mol. The van der Waals surface area contributed by atoms with Crippen LogP contribution in [-0.4, -0.2) is 35.0 Å². The van der Waals surface area contributed by atoms with Gasteiger partial charge in [-0.05, 0) is 55.4 Å². The number of nitrogens with one attached hydrogen (secondary N) is 1. The van der Waals surface area contributed by atoms with Crippen molar-refractivity contribution in [3.05, 3.63) is 36.7 Å². The molecule has 1 aliphatic heterocycles. The third-order valence-corrected chi connectivity index (χ3v) is 4.74. The lowest BCUT2D eigenvalue weighted by molar-refractivity contribution is 0.394. The van der Waals surface area contributed by atoms with Gasteiger partial charge in [-0.25, -0.2) is 4.31 Å². The molecule has 0 spiro atoms. The molecule has 0 amide bonds. The van der Waals surface area contributed by atoms with Gasteiger partial charge < -0.3 is 5.32 Å². The van der Waals surface area contributed by atoms with Crippen LogP contribution in [0.5, 0.6) is 0 Å². The number of hydrogen-bond donors (Lipinski definition) is 1. The Morgan fingerprint density at radius 2 is 2.26 bits per heavy atom. The minimum Gasteiger partial charge on any atom is -0.315 e. The molecule has 0 bridgehead atoms. The molecule has 0 unspecified atom stereocenters. The van der Waals surface area contributed by atoms with E-state index < -0.39 is 0 Å². The molecule has 2 heterocycles. The molecule has 1 atom stereocenters. The molecule has 4 heteroatoms. The fourth-order valence-corrected chi connectivity index (χ4v) is 3.44. The molecule has 3 rings (SSSR count). The molecule has 1 fully saturated rings. The molecule has 2 aromatic rings. The van der Waals surface area contributed by atoms with Crippen LogP contribution in [0.15, 0.2) is 41.6 Å². The number of rotatable bonds is 2. The summed E-state index contributed by atoms with van der Waals surface area (Å²) in [5.41, 5.74) is 0. The highest BCUT2D eigenvalue weighted by atomic mass is 32.2. The maximum Gasteiger partial charge on any atom is 0.0346 e. The average Bonchev–Trinajstić information content (AvgIpc) is 2.64. The molecule has 3 nitrogen and oxygen atoms in total. The Labute approximate surface area is 118 Å². The number of benzene rings is 1. The van der Waals surface area contributed by atoms with Crippen LogP contribution in [-0.2, 0) is 0 Å². The lowest BCUT2D eigenvalue weighted by Crippen LogP contribution is -2.32. The highest BCUT2D eigenvalue weighted by molar-refractivity contribution is 7.97. The molecule has 0 radical (unpaired) electrons. The van der Waals surface area contributed by atoms with Gasteiger partial charge in [-0.3, -0.25) is 4.98 Å². The number of pyridine rings is 1. The molecule has 1 N–H and O–H groups in total. The fraction of sp³-hybridized carbons (Fsp3) is 0.400. The summed E-state index contributed by atoms with van der Waals surface area (Å²) in [6.45, 7) is 5.64. The first-order valence-corrected chi connectivity index (χ1v) is 7.59. The van der Waals surface area contributed by atoms with Crippen molar-refractivity contribution in [2.24, 2.45) is 0 Å². The largest absolute Gasteiger partial charge is 0.315 e. The number of aromatic nitrogens is 1. The molecule has 1 aliphatic rings. The Balaban J connectivity index is 1.80. The van der Waals surface area contributed by atoms with Gasteiger partial charge in [-0.15, -0.1) is 0 Å². The zero-order valence-electron chi connectivity index (χ0n) is 11.2. The van der Waals surface area contributed by atoms with Crippen LogP contribution in [0.25, 0.3) is 10.8 Å². The van der Waals surface area contributed by atoms with Gasteiger partial charge in [0.25, 0.3) is 0 Å². The van der Waals surface area contributed by atoms with E-state index >= 15 is 0 Å². The summed E-state index contributed by atoms with van der Waals surface area (Å²) < 4.78 is 2.49. The molecule has 1 saturated heterocycles. The van der Waals surface area contributed by atoms with E-state index in [0.29, 0.717) is 6.04 Å². The minimum absolute atomic E-state index is 0.570. The van der Waals surface area contributed by atoms with E-state index in [4.69, 9.17) is 0 Å². The number of hydrogen-bond acceptors (Lipinski definition) is 4. The summed E-state index contributed by atoms with van der Waals surface area (Å²) in [7, 11) is 0. The predicted octanol–water partition coefficient (Wildman–Crippen LogP) is 2.93. The van der Waals surface area contributed by atoms with Gasteiger partial charge in [0.05, 0.1) is 0 Å². The summed E-state index contributed by atoms with van der Waals surface area (Å²) in [4.78, 5) is 5.47. The van der Waals surface area contributed by atoms with Crippen LogP contribution in [0.2, 0.25) is 0 Å². The van der Waals surface area contributed by atoms with Crippen molar-refractivity contribution in [2.45, 2.75) is 24.3 Å². The lowest BCUT2D eigenvalue weighted by atomic mass is 10.2. The van der Waals surface area contributed by atoms with E-state index in [1.54, 1.807) is 0 Å². The van der Waals surface area contributed by atoms with Gasteiger partial charge in [0, 0.05) is 41.8 Å². The highest BCUT2D eigenvalue weighted by Crippen LogP contribution is 2.28. The standard InChI is InChI=1S/C15H19N3S/c1-12-10-16-6-2-8-18(12)19-15-4-3-14-11-17-7-5-13(14)9-15/h3-5,7,9,11-12,16H,2,6,8,10H2,1H3/t12-/m1/s1. The van der Waals surface area contributed by atoms with Gasteiger partial charge in [0.15, 0.2) is 0 Å². The summed E-state index contributed by atoms with van der Waals surface area (Å²) in [6, 6.07) is 9.26. The van der Waals surface area contributed by atoms with Crippen LogP contribution in [0, 0.1) is 0 Å². The Morgan fingerprint density at radius 1 is 1.32 bits per heavy atom. The maximum absolute atomic E-state index is 4.16. The van der Waals surface area contributed by atoms with E-state index in [9.17, 15) is 0 Å². The molecule has 100 valence electrons. The normalized spacial score (nSPS) is 21.4. The van der Waals surface area contributed by atoms with Crippen LogP contribution in [0.3, 0.4) is 0 Å². The van der Waals surface area contributed by atoms with Crippen molar-refractivity contribution in [2.75, 3.05) is 19.6 Å². The summed E-state index contributed by atoms with van der Waals surface area (Å²) >= 11 is 1.87. The summed E-state index contributed by atoms with van der Waals surface area (Å²) in [6.07, 6.45) is 4.99. The molecular formula is C15H19N3S.